The topological polar surface area (TPSA) is 95.9 Å². The lowest BCUT2D eigenvalue weighted by atomic mass is 10.0. The Balaban J connectivity index is 3.41. The Morgan fingerprint density at radius 2 is 0.641 bits per heavy atom. The third-order valence-electron chi connectivity index (χ3n) is 13.9. The molecule has 0 fully saturated rings. The van der Waals surface area contributed by atoms with E-state index in [0.717, 1.165) is 44.9 Å². The van der Waals surface area contributed by atoms with Crippen LogP contribution in [-0.2, 0) is 14.3 Å². The third kappa shape index (κ3) is 50.3. The number of ether oxygens (including phenoxy) is 1. The zero-order chi connectivity index (χ0) is 46.5. The van der Waals surface area contributed by atoms with E-state index in [4.69, 9.17) is 4.74 Å². The van der Waals surface area contributed by atoms with Crippen LogP contribution in [0.15, 0.2) is 0 Å². The van der Waals surface area contributed by atoms with Crippen LogP contribution in [0.1, 0.15) is 335 Å². The van der Waals surface area contributed by atoms with E-state index in [1.165, 1.54) is 257 Å². The minimum atomic E-state index is -0.669. The second-order valence-corrected chi connectivity index (χ2v) is 20.3. The van der Waals surface area contributed by atoms with Gasteiger partial charge in [0.15, 0.2) is 0 Å². The molecule has 0 aliphatic rings. The number of unbranched alkanes of at least 4 members (excludes halogenated alkanes) is 44. The van der Waals surface area contributed by atoms with Gasteiger partial charge in [0.05, 0.1) is 25.4 Å². The van der Waals surface area contributed by atoms with Gasteiger partial charge in [-0.15, -0.1) is 0 Å². The molecule has 0 saturated carbocycles. The molecule has 2 atom stereocenters. The maximum Gasteiger partial charge on any atom is 0.305 e. The molecule has 64 heavy (non-hydrogen) atoms. The van der Waals surface area contributed by atoms with Crippen LogP contribution in [0.3, 0.4) is 0 Å². The van der Waals surface area contributed by atoms with Crippen LogP contribution in [0.2, 0.25) is 0 Å². The van der Waals surface area contributed by atoms with E-state index >= 15 is 0 Å². The van der Waals surface area contributed by atoms with Crippen LogP contribution >= 0.6 is 0 Å². The summed E-state index contributed by atoms with van der Waals surface area (Å²) in [6, 6.07) is -0.547. The van der Waals surface area contributed by atoms with Gasteiger partial charge in [0.25, 0.3) is 0 Å². The van der Waals surface area contributed by atoms with E-state index < -0.39 is 12.1 Å². The molecular weight excluding hydrogens is 791 g/mol. The van der Waals surface area contributed by atoms with Crippen LogP contribution in [0.25, 0.3) is 0 Å². The fourth-order valence-electron chi connectivity index (χ4n) is 9.41. The molecule has 3 N–H and O–H groups in total. The molecule has 382 valence electrons. The van der Waals surface area contributed by atoms with Gasteiger partial charge in [-0.2, -0.15) is 0 Å². The quantitative estimate of drug-likeness (QED) is 0.0417. The van der Waals surface area contributed by atoms with Crippen LogP contribution in [0.5, 0.6) is 0 Å². The number of amides is 1. The lowest BCUT2D eigenvalue weighted by Gasteiger charge is -2.22. The van der Waals surface area contributed by atoms with Crippen molar-refractivity contribution in [3.8, 4) is 0 Å². The Labute approximate surface area is 400 Å². The monoisotopic (exact) mass is 906 g/mol. The van der Waals surface area contributed by atoms with Gasteiger partial charge in [0, 0.05) is 12.8 Å². The number of aliphatic hydroxyl groups excluding tert-OH is 2. The summed E-state index contributed by atoms with van der Waals surface area (Å²) in [5, 5.41) is 23.3. The van der Waals surface area contributed by atoms with Gasteiger partial charge < -0.3 is 20.3 Å². The standard InChI is InChI=1S/C58H115NO5/c1-3-5-7-9-11-13-15-17-19-20-21-23-26-30-34-38-42-46-50-56(61)55(54-60)59-57(62)51-47-43-39-35-31-27-24-22-25-29-33-37-41-45-49-53-64-58(63)52-48-44-40-36-32-28-18-16-14-12-10-8-6-4-2/h55-56,60-61H,3-54H2,1-2H3,(H,59,62). The first kappa shape index (κ1) is 62.9. The van der Waals surface area contributed by atoms with E-state index in [9.17, 15) is 19.8 Å². The van der Waals surface area contributed by atoms with Gasteiger partial charge >= 0.3 is 5.97 Å². The molecule has 0 radical (unpaired) electrons. The van der Waals surface area contributed by atoms with Crippen molar-refractivity contribution in [3.05, 3.63) is 0 Å². The van der Waals surface area contributed by atoms with Gasteiger partial charge in [-0.3, -0.25) is 9.59 Å². The zero-order valence-electron chi connectivity index (χ0n) is 43.5. The van der Waals surface area contributed by atoms with Crippen molar-refractivity contribution in [3.63, 3.8) is 0 Å². The Bertz CT molecular complexity index is 913. The van der Waals surface area contributed by atoms with Crippen LogP contribution < -0.4 is 5.32 Å². The lowest BCUT2D eigenvalue weighted by molar-refractivity contribution is -0.143. The molecule has 0 aliphatic carbocycles. The molecule has 0 heterocycles. The minimum absolute atomic E-state index is 0.00411. The van der Waals surface area contributed by atoms with E-state index in [0.29, 0.717) is 25.9 Å². The summed E-state index contributed by atoms with van der Waals surface area (Å²) in [7, 11) is 0. The fraction of sp³-hybridized carbons (Fsp3) is 0.966. The van der Waals surface area contributed by atoms with Gasteiger partial charge in [-0.1, -0.05) is 296 Å². The molecule has 2 unspecified atom stereocenters. The number of hydrogen-bond donors (Lipinski definition) is 3. The Morgan fingerprint density at radius 3 is 0.953 bits per heavy atom. The number of carbonyl (C=O) groups is 2. The second kappa shape index (κ2) is 54.5. The average molecular weight is 907 g/mol. The van der Waals surface area contributed by atoms with Crippen molar-refractivity contribution in [2.75, 3.05) is 13.2 Å². The van der Waals surface area contributed by atoms with E-state index in [1.54, 1.807) is 0 Å². The van der Waals surface area contributed by atoms with Crippen molar-refractivity contribution in [2.45, 2.75) is 347 Å². The molecular formula is C58H115NO5. The summed E-state index contributed by atoms with van der Waals surface area (Å²) in [5.74, 6) is -0.0356. The van der Waals surface area contributed by atoms with Gasteiger partial charge in [0.1, 0.15) is 0 Å². The highest BCUT2D eigenvalue weighted by molar-refractivity contribution is 5.76. The van der Waals surface area contributed by atoms with Crippen molar-refractivity contribution >= 4 is 11.9 Å². The molecule has 0 spiro atoms. The van der Waals surface area contributed by atoms with Crippen LogP contribution in [0.4, 0.5) is 0 Å². The summed E-state index contributed by atoms with van der Waals surface area (Å²) in [6.07, 6.45) is 62.3. The molecule has 0 aromatic heterocycles. The SMILES string of the molecule is CCCCCCCCCCCCCCCCCCCCC(O)C(CO)NC(=O)CCCCCCCCCCCCCCCCCOC(=O)CCCCCCCCCCCCCCCC. The molecule has 6 nitrogen and oxygen atoms in total. The number of esters is 1. The molecule has 0 bridgehead atoms. The van der Waals surface area contributed by atoms with Crippen molar-refractivity contribution in [2.24, 2.45) is 0 Å². The maximum atomic E-state index is 12.5. The molecule has 0 aromatic carbocycles. The molecule has 6 heteroatoms. The van der Waals surface area contributed by atoms with E-state index in [-0.39, 0.29) is 18.5 Å². The summed E-state index contributed by atoms with van der Waals surface area (Å²) in [4.78, 5) is 24.5. The summed E-state index contributed by atoms with van der Waals surface area (Å²) in [6.45, 7) is 4.97. The first-order valence-corrected chi connectivity index (χ1v) is 29.3. The summed E-state index contributed by atoms with van der Waals surface area (Å²) >= 11 is 0. The number of nitrogens with one attached hydrogen (secondary N) is 1. The number of aliphatic hydroxyl groups is 2. The zero-order valence-corrected chi connectivity index (χ0v) is 43.5. The largest absolute Gasteiger partial charge is 0.466 e. The maximum absolute atomic E-state index is 12.5. The van der Waals surface area contributed by atoms with E-state index in [1.807, 2.05) is 0 Å². The Morgan fingerprint density at radius 1 is 0.375 bits per heavy atom. The number of carbonyl (C=O) groups excluding carboxylic acids is 2. The van der Waals surface area contributed by atoms with Crippen molar-refractivity contribution in [1.29, 1.82) is 0 Å². The predicted octanol–water partition coefficient (Wildman–Crippen LogP) is 17.9. The summed E-state index contributed by atoms with van der Waals surface area (Å²) < 4.78 is 5.48. The minimum Gasteiger partial charge on any atom is -0.466 e. The fourth-order valence-corrected chi connectivity index (χ4v) is 9.41. The summed E-state index contributed by atoms with van der Waals surface area (Å²) in [5.41, 5.74) is 0. The molecule has 0 aromatic rings. The van der Waals surface area contributed by atoms with E-state index in [2.05, 4.69) is 19.2 Å². The second-order valence-electron chi connectivity index (χ2n) is 20.3. The first-order chi connectivity index (χ1) is 31.5. The molecule has 0 aliphatic heterocycles. The highest BCUT2D eigenvalue weighted by atomic mass is 16.5. The third-order valence-corrected chi connectivity index (χ3v) is 13.9. The predicted molar refractivity (Wildman–Crippen MR) is 278 cm³/mol. The molecule has 1 amide bonds. The Hall–Kier alpha value is -1.14. The molecule has 0 saturated heterocycles. The smallest absolute Gasteiger partial charge is 0.305 e. The van der Waals surface area contributed by atoms with Gasteiger partial charge in [0.2, 0.25) is 5.91 Å². The van der Waals surface area contributed by atoms with Crippen LogP contribution in [-0.4, -0.2) is 47.4 Å². The molecule has 0 rings (SSSR count). The van der Waals surface area contributed by atoms with Gasteiger partial charge in [-0.05, 0) is 25.7 Å². The normalized spacial score (nSPS) is 12.5. The Kier molecular flexibility index (Phi) is 53.5. The average Bonchev–Trinajstić information content (AvgIpc) is 3.29. The first-order valence-electron chi connectivity index (χ1n) is 29.3. The number of hydrogen-bond acceptors (Lipinski definition) is 5. The lowest BCUT2D eigenvalue weighted by Crippen LogP contribution is -2.45. The van der Waals surface area contributed by atoms with Crippen molar-refractivity contribution < 1.29 is 24.5 Å². The van der Waals surface area contributed by atoms with Gasteiger partial charge in [-0.25, -0.2) is 0 Å². The highest BCUT2D eigenvalue weighted by Crippen LogP contribution is 2.18. The van der Waals surface area contributed by atoms with Crippen molar-refractivity contribution in [1.82, 2.24) is 5.32 Å². The number of rotatable bonds is 55. The highest BCUT2D eigenvalue weighted by Gasteiger charge is 2.20. The van der Waals surface area contributed by atoms with Crippen LogP contribution in [0, 0.1) is 0 Å².